The molecule has 0 saturated carbocycles. The van der Waals surface area contributed by atoms with Gasteiger partial charge in [-0.15, -0.1) is 0 Å². The van der Waals surface area contributed by atoms with Crippen LogP contribution in [0.25, 0.3) is 5.41 Å². The Morgan fingerprint density at radius 2 is 1.80 bits per heavy atom. The molecule has 0 N–H and O–H groups in total. The standard InChI is InChI=1S/C11H13N.2ClH.Ti/c1-2-3-9-11(12)10-7-5-4-6-8-10;;;/h4-8H,1-3,9H2;2*1H;/q-2;;;+2/p-2. The maximum absolute atomic E-state index is 9.54. The quantitative estimate of drug-likeness (QED) is 0.442. The van der Waals surface area contributed by atoms with Gasteiger partial charge in [0, 0.05) is 0 Å². The molecule has 0 atom stereocenters. The average molecular weight is 278 g/mol. The molecule has 0 bridgehead atoms. The third-order valence-corrected chi connectivity index (χ3v) is 1.77. The molecule has 1 aromatic carbocycles. The normalized spacial score (nSPS) is 8.73. The summed E-state index contributed by atoms with van der Waals surface area (Å²) >= 11 is -0.556. The number of rotatable bonds is 4. The van der Waals surface area contributed by atoms with Gasteiger partial charge in [0.05, 0.1) is 0 Å². The minimum atomic E-state index is -0.556. The van der Waals surface area contributed by atoms with Crippen LogP contribution in [0.2, 0.25) is 0 Å². The van der Waals surface area contributed by atoms with Crippen LogP contribution in [-0.4, -0.2) is 5.71 Å². The summed E-state index contributed by atoms with van der Waals surface area (Å²) in [6.45, 7) is 3.73. The van der Waals surface area contributed by atoms with Crippen molar-refractivity contribution in [2.24, 2.45) is 0 Å². The monoisotopic (exact) mass is 277 g/mol. The van der Waals surface area contributed by atoms with Crippen LogP contribution in [0.3, 0.4) is 0 Å². The second-order valence-electron chi connectivity index (χ2n) is 2.84. The molecule has 0 radical (unpaired) electrons. The fourth-order valence-electron chi connectivity index (χ4n) is 1.07. The van der Waals surface area contributed by atoms with Gasteiger partial charge in [-0.25, -0.2) is 0 Å². The first-order valence-electron chi connectivity index (χ1n) is 4.62. The van der Waals surface area contributed by atoms with Crippen molar-refractivity contribution >= 4 is 24.3 Å². The van der Waals surface area contributed by atoms with E-state index in [9.17, 15) is 5.41 Å². The topological polar surface area (TPSA) is 22.3 Å². The fourth-order valence-corrected chi connectivity index (χ4v) is 1.07. The van der Waals surface area contributed by atoms with Crippen molar-refractivity contribution in [2.45, 2.75) is 19.3 Å². The molecule has 1 rings (SSSR count). The zero-order valence-electron chi connectivity index (χ0n) is 8.42. The summed E-state index contributed by atoms with van der Waals surface area (Å²) in [6.07, 6.45) is 2.55. The number of hydrogen-bond acceptors (Lipinski definition) is 0. The van der Waals surface area contributed by atoms with Crippen molar-refractivity contribution in [1.82, 2.24) is 0 Å². The first-order valence-corrected chi connectivity index (χ1v) is 8.91. The molecule has 0 aliphatic carbocycles. The Morgan fingerprint density at radius 1 is 1.27 bits per heavy atom. The number of halogens is 2. The molecule has 0 unspecified atom stereocenters. The zero-order valence-corrected chi connectivity index (χ0v) is 11.5. The van der Waals surface area contributed by atoms with Gasteiger partial charge in [0.1, 0.15) is 0 Å². The van der Waals surface area contributed by atoms with E-state index < -0.39 is 17.0 Å². The predicted octanol–water partition coefficient (Wildman–Crippen LogP) is 4.43. The number of benzene rings is 1. The molecule has 1 aromatic rings. The molecule has 0 saturated heterocycles. The summed E-state index contributed by atoms with van der Waals surface area (Å²) in [5.74, 6) is 0. The van der Waals surface area contributed by atoms with Gasteiger partial charge in [0.15, 0.2) is 0 Å². The number of hydrogen-bond donors (Lipinski definition) is 0. The second kappa shape index (κ2) is 10.7. The summed E-state index contributed by atoms with van der Waals surface area (Å²) in [4.78, 5) is 0. The first-order chi connectivity index (χ1) is 7.26. The second-order valence-corrected chi connectivity index (χ2v) is 5.42. The van der Waals surface area contributed by atoms with Crippen LogP contribution in [0, 0.1) is 6.92 Å². The molecule has 1 nitrogen and oxygen atoms in total. The summed E-state index contributed by atoms with van der Waals surface area (Å²) < 4.78 is 0. The van der Waals surface area contributed by atoms with Crippen molar-refractivity contribution < 1.29 is 17.0 Å². The first kappa shape index (κ1) is 15.2. The molecule has 0 aliphatic rings. The number of nitrogens with zero attached hydrogens (tertiary/aromatic N) is 1. The Balaban J connectivity index is 0.000000583. The van der Waals surface area contributed by atoms with Crippen molar-refractivity contribution in [3.8, 4) is 0 Å². The Labute approximate surface area is 108 Å². The van der Waals surface area contributed by atoms with E-state index in [4.69, 9.17) is 18.6 Å². The van der Waals surface area contributed by atoms with Gasteiger partial charge < -0.3 is 12.3 Å². The Morgan fingerprint density at radius 3 is 2.27 bits per heavy atom. The van der Waals surface area contributed by atoms with Crippen LogP contribution in [0.4, 0.5) is 0 Å². The van der Waals surface area contributed by atoms with Gasteiger partial charge in [-0.2, -0.15) is 12.1 Å². The van der Waals surface area contributed by atoms with E-state index in [1.165, 1.54) is 0 Å². The minimum absolute atomic E-state index is 0.472. The van der Waals surface area contributed by atoms with Gasteiger partial charge in [0.25, 0.3) is 0 Å². The van der Waals surface area contributed by atoms with Crippen molar-refractivity contribution in [3.05, 3.63) is 48.2 Å². The molecule has 0 aliphatic heterocycles. The zero-order chi connectivity index (χ0) is 11.5. The van der Waals surface area contributed by atoms with Crippen LogP contribution < -0.4 is 0 Å². The summed E-state index contributed by atoms with van der Waals surface area (Å²) in [5, 5.41) is 9.54. The van der Waals surface area contributed by atoms with Crippen molar-refractivity contribution in [3.63, 3.8) is 0 Å². The summed E-state index contributed by atoms with van der Waals surface area (Å²) in [6, 6.07) is 9.63. The predicted molar refractivity (Wildman–Crippen MR) is 64.8 cm³/mol. The fraction of sp³-hybridized carbons (Fsp3) is 0.273. The Bertz CT molecular complexity index is 265. The maximum atomic E-state index is 9.54. The molecule has 0 heterocycles. The van der Waals surface area contributed by atoms with Crippen molar-refractivity contribution in [2.75, 3.05) is 0 Å². The molecular formula is C11H13Cl2NTi-2. The molecule has 0 spiro atoms. The average Bonchev–Trinajstić information content (AvgIpc) is 2.28. The van der Waals surface area contributed by atoms with E-state index in [1.807, 2.05) is 30.3 Å². The van der Waals surface area contributed by atoms with Crippen LogP contribution in [-0.2, 0) is 17.0 Å². The third-order valence-electron chi connectivity index (χ3n) is 1.77. The van der Waals surface area contributed by atoms with E-state index in [0.717, 1.165) is 24.8 Å². The van der Waals surface area contributed by atoms with E-state index in [-0.39, 0.29) is 0 Å². The molecule has 0 aromatic heterocycles. The van der Waals surface area contributed by atoms with Gasteiger partial charge in [-0.3, -0.25) is 0 Å². The summed E-state index contributed by atoms with van der Waals surface area (Å²) in [5.41, 5.74) is 1.39. The van der Waals surface area contributed by atoms with E-state index in [2.05, 4.69) is 6.92 Å². The van der Waals surface area contributed by atoms with Crippen LogP contribution in [0.5, 0.6) is 0 Å². The Hall–Kier alpha value is 0.184. The number of unbranched alkanes of at least 4 members (excludes halogenated alkanes) is 1. The third kappa shape index (κ3) is 8.04. The van der Waals surface area contributed by atoms with Gasteiger partial charge in [-0.05, 0) is 5.56 Å². The van der Waals surface area contributed by atoms with E-state index >= 15 is 0 Å². The van der Waals surface area contributed by atoms with Crippen LogP contribution in [0.15, 0.2) is 30.3 Å². The molecule has 82 valence electrons. The SMILES string of the molecule is [CH2-]CCCC(=[N-])c1ccccc1.[Cl][Ti][Cl]. The Kier molecular flexibility index (Phi) is 10.8. The molecule has 15 heavy (non-hydrogen) atoms. The molecular weight excluding hydrogens is 265 g/mol. The molecule has 0 fully saturated rings. The van der Waals surface area contributed by atoms with Gasteiger partial charge >= 0.3 is 35.6 Å². The molecule has 4 heteroatoms. The van der Waals surface area contributed by atoms with Gasteiger partial charge in [0.2, 0.25) is 0 Å². The van der Waals surface area contributed by atoms with E-state index in [1.54, 1.807) is 0 Å². The molecule has 0 amide bonds. The van der Waals surface area contributed by atoms with E-state index in [0.29, 0.717) is 5.71 Å². The van der Waals surface area contributed by atoms with Crippen LogP contribution >= 0.6 is 18.6 Å². The van der Waals surface area contributed by atoms with Gasteiger partial charge in [-0.1, -0.05) is 43.2 Å². The summed E-state index contributed by atoms with van der Waals surface area (Å²) in [7, 11) is 9.78. The van der Waals surface area contributed by atoms with Crippen LogP contribution in [0.1, 0.15) is 24.8 Å². The van der Waals surface area contributed by atoms with Crippen molar-refractivity contribution in [1.29, 1.82) is 0 Å².